The Kier molecular flexibility index (Phi) is 5.75. The first-order chi connectivity index (χ1) is 10.5. The van der Waals surface area contributed by atoms with E-state index in [1.54, 1.807) is 36.5 Å². The molecule has 0 unspecified atom stereocenters. The number of carbonyl (C=O) groups excluding carboxylic acids is 1. The largest absolute Gasteiger partial charge is 0.384 e. The molecule has 0 bridgehead atoms. The van der Waals surface area contributed by atoms with Gasteiger partial charge in [0, 0.05) is 35.7 Å². The van der Waals surface area contributed by atoms with Gasteiger partial charge in [-0.15, -0.1) is 0 Å². The Morgan fingerprint density at radius 1 is 1.18 bits per heavy atom. The average molecular weight is 319 g/mol. The standard InChI is InChI=1S/C16H19ClN4O/c1-21(2)10-9-18-14-7-8-19-15(11-14)16(22)20-13-5-3-12(17)4-6-13/h3-8,11H,9-10H2,1-2H3,(H,18,19)(H,20,22). The summed E-state index contributed by atoms with van der Waals surface area (Å²) in [6.45, 7) is 1.71. The van der Waals surface area contributed by atoms with E-state index in [2.05, 4.69) is 20.5 Å². The summed E-state index contributed by atoms with van der Waals surface area (Å²) >= 11 is 5.82. The number of anilines is 2. The first-order valence-corrected chi connectivity index (χ1v) is 7.34. The van der Waals surface area contributed by atoms with Gasteiger partial charge in [0.15, 0.2) is 0 Å². The number of pyridine rings is 1. The lowest BCUT2D eigenvalue weighted by atomic mass is 10.2. The fourth-order valence-electron chi connectivity index (χ4n) is 1.82. The molecule has 2 rings (SSSR count). The summed E-state index contributed by atoms with van der Waals surface area (Å²) in [5.74, 6) is -0.251. The van der Waals surface area contributed by atoms with Crippen LogP contribution in [0.4, 0.5) is 11.4 Å². The first-order valence-electron chi connectivity index (χ1n) is 6.96. The maximum atomic E-state index is 12.2. The SMILES string of the molecule is CN(C)CCNc1ccnc(C(=O)Nc2ccc(Cl)cc2)c1. The molecule has 116 valence electrons. The van der Waals surface area contributed by atoms with Gasteiger partial charge in [-0.25, -0.2) is 0 Å². The van der Waals surface area contributed by atoms with Crippen molar-refractivity contribution >= 4 is 28.9 Å². The molecule has 2 aromatic rings. The zero-order valence-corrected chi connectivity index (χ0v) is 13.4. The van der Waals surface area contributed by atoms with Crippen LogP contribution < -0.4 is 10.6 Å². The third-order valence-corrected chi connectivity index (χ3v) is 3.23. The third-order valence-electron chi connectivity index (χ3n) is 2.98. The maximum absolute atomic E-state index is 12.2. The van der Waals surface area contributed by atoms with Crippen molar-refractivity contribution in [2.24, 2.45) is 0 Å². The number of aromatic nitrogens is 1. The van der Waals surface area contributed by atoms with Crippen molar-refractivity contribution < 1.29 is 4.79 Å². The Bertz CT molecular complexity index is 628. The highest BCUT2D eigenvalue weighted by Gasteiger charge is 2.08. The first kappa shape index (κ1) is 16.3. The molecule has 0 aliphatic rings. The number of nitrogens with one attached hydrogen (secondary N) is 2. The lowest BCUT2D eigenvalue weighted by Gasteiger charge is -2.12. The number of carbonyl (C=O) groups is 1. The molecule has 0 spiro atoms. The highest BCUT2D eigenvalue weighted by molar-refractivity contribution is 6.30. The Morgan fingerprint density at radius 2 is 1.91 bits per heavy atom. The number of hydrogen-bond donors (Lipinski definition) is 2. The van der Waals surface area contributed by atoms with Gasteiger partial charge in [0.1, 0.15) is 5.69 Å². The van der Waals surface area contributed by atoms with Gasteiger partial charge in [0.2, 0.25) is 0 Å². The number of benzene rings is 1. The second kappa shape index (κ2) is 7.77. The zero-order chi connectivity index (χ0) is 15.9. The number of likely N-dealkylation sites (N-methyl/N-ethyl adjacent to an activating group) is 1. The number of amides is 1. The van der Waals surface area contributed by atoms with Gasteiger partial charge in [0.05, 0.1) is 0 Å². The summed E-state index contributed by atoms with van der Waals surface area (Å²) in [7, 11) is 4.03. The highest BCUT2D eigenvalue weighted by Crippen LogP contribution is 2.15. The molecule has 1 aromatic carbocycles. The van der Waals surface area contributed by atoms with Crippen LogP contribution in [0.2, 0.25) is 5.02 Å². The summed E-state index contributed by atoms with van der Waals surface area (Å²) in [5, 5.41) is 6.68. The summed E-state index contributed by atoms with van der Waals surface area (Å²) in [4.78, 5) is 18.4. The van der Waals surface area contributed by atoms with Crippen molar-refractivity contribution in [3.63, 3.8) is 0 Å². The molecular weight excluding hydrogens is 300 g/mol. The van der Waals surface area contributed by atoms with Gasteiger partial charge < -0.3 is 15.5 Å². The van der Waals surface area contributed by atoms with Crippen LogP contribution in [0.1, 0.15) is 10.5 Å². The number of hydrogen-bond acceptors (Lipinski definition) is 4. The van der Waals surface area contributed by atoms with Crippen LogP contribution in [0, 0.1) is 0 Å². The molecule has 0 saturated heterocycles. The Balaban J connectivity index is 1.99. The van der Waals surface area contributed by atoms with Crippen LogP contribution >= 0.6 is 11.6 Å². The smallest absolute Gasteiger partial charge is 0.274 e. The Hall–Kier alpha value is -2.11. The van der Waals surface area contributed by atoms with E-state index in [0.29, 0.717) is 16.4 Å². The normalized spacial score (nSPS) is 10.5. The van der Waals surface area contributed by atoms with Crippen molar-refractivity contribution in [1.82, 2.24) is 9.88 Å². The molecule has 0 radical (unpaired) electrons. The molecule has 5 nitrogen and oxygen atoms in total. The minimum absolute atomic E-state index is 0.251. The number of nitrogens with zero attached hydrogens (tertiary/aromatic N) is 2. The quantitative estimate of drug-likeness (QED) is 0.859. The van der Waals surface area contributed by atoms with Crippen LogP contribution in [0.15, 0.2) is 42.6 Å². The Labute approximate surface area is 135 Å². The lowest BCUT2D eigenvalue weighted by Crippen LogP contribution is -2.21. The molecule has 6 heteroatoms. The van der Waals surface area contributed by atoms with E-state index in [9.17, 15) is 4.79 Å². The van der Waals surface area contributed by atoms with Gasteiger partial charge in [0.25, 0.3) is 5.91 Å². The molecule has 1 aromatic heterocycles. The van der Waals surface area contributed by atoms with E-state index in [0.717, 1.165) is 18.8 Å². The van der Waals surface area contributed by atoms with E-state index in [-0.39, 0.29) is 5.91 Å². The minimum Gasteiger partial charge on any atom is -0.384 e. The monoisotopic (exact) mass is 318 g/mol. The molecular formula is C16H19ClN4O. The van der Waals surface area contributed by atoms with Crippen LogP contribution in [-0.2, 0) is 0 Å². The fraction of sp³-hybridized carbons (Fsp3) is 0.250. The topological polar surface area (TPSA) is 57.3 Å². The minimum atomic E-state index is -0.251. The van der Waals surface area contributed by atoms with Gasteiger partial charge in [-0.3, -0.25) is 9.78 Å². The second-order valence-electron chi connectivity index (χ2n) is 5.12. The van der Waals surface area contributed by atoms with Gasteiger partial charge in [-0.1, -0.05) is 11.6 Å². The molecule has 22 heavy (non-hydrogen) atoms. The predicted molar refractivity (Wildman–Crippen MR) is 90.7 cm³/mol. The number of halogens is 1. The molecule has 0 aliphatic heterocycles. The molecule has 1 amide bonds. The molecule has 0 saturated carbocycles. The summed E-state index contributed by atoms with van der Waals surface area (Å²) in [5.41, 5.74) is 1.92. The van der Waals surface area contributed by atoms with Gasteiger partial charge in [-0.2, -0.15) is 0 Å². The van der Waals surface area contributed by atoms with Gasteiger partial charge >= 0.3 is 0 Å². The maximum Gasteiger partial charge on any atom is 0.274 e. The average Bonchev–Trinajstić information content (AvgIpc) is 2.49. The highest BCUT2D eigenvalue weighted by atomic mass is 35.5. The molecule has 0 aliphatic carbocycles. The predicted octanol–water partition coefficient (Wildman–Crippen LogP) is 2.96. The second-order valence-corrected chi connectivity index (χ2v) is 5.56. The fourth-order valence-corrected chi connectivity index (χ4v) is 1.94. The summed E-state index contributed by atoms with van der Waals surface area (Å²) in [6.07, 6.45) is 1.62. The summed E-state index contributed by atoms with van der Waals surface area (Å²) in [6, 6.07) is 10.5. The Morgan fingerprint density at radius 3 is 2.59 bits per heavy atom. The molecule has 0 fully saturated rings. The van der Waals surface area contributed by atoms with Crippen LogP contribution in [0.25, 0.3) is 0 Å². The number of rotatable bonds is 6. The van der Waals surface area contributed by atoms with E-state index >= 15 is 0 Å². The van der Waals surface area contributed by atoms with Crippen molar-refractivity contribution in [3.05, 3.63) is 53.3 Å². The van der Waals surface area contributed by atoms with Crippen molar-refractivity contribution in [3.8, 4) is 0 Å². The van der Waals surface area contributed by atoms with E-state index in [1.165, 1.54) is 0 Å². The van der Waals surface area contributed by atoms with E-state index in [1.807, 2.05) is 20.2 Å². The van der Waals surface area contributed by atoms with Crippen molar-refractivity contribution in [2.45, 2.75) is 0 Å². The van der Waals surface area contributed by atoms with Gasteiger partial charge in [-0.05, 0) is 50.5 Å². The van der Waals surface area contributed by atoms with Crippen LogP contribution in [-0.4, -0.2) is 43.0 Å². The van der Waals surface area contributed by atoms with E-state index in [4.69, 9.17) is 11.6 Å². The molecule has 2 N–H and O–H groups in total. The van der Waals surface area contributed by atoms with Crippen molar-refractivity contribution in [2.75, 3.05) is 37.8 Å². The lowest BCUT2D eigenvalue weighted by molar-refractivity contribution is 0.102. The third kappa shape index (κ3) is 5.02. The van der Waals surface area contributed by atoms with E-state index < -0.39 is 0 Å². The summed E-state index contributed by atoms with van der Waals surface area (Å²) < 4.78 is 0. The molecule has 0 atom stereocenters. The van der Waals surface area contributed by atoms with Crippen molar-refractivity contribution in [1.29, 1.82) is 0 Å². The zero-order valence-electron chi connectivity index (χ0n) is 12.6. The van der Waals surface area contributed by atoms with Crippen LogP contribution in [0.5, 0.6) is 0 Å². The van der Waals surface area contributed by atoms with Crippen LogP contribution in [0.3, 0.4) is 0 Å². The molecule has 1 heterocycles.